The lowest BCUT2D eigenvalue weighted by Crippen LogP contribution is -2.32. The lowest BCUT2D eigenvalue weighted by atomic mass is 9.84. The van der Waals surface area contributed by atoms with Gasteiger partial charge in [-0.3, -0.25) is 4.79 Å². The number of methoxy groups -OCH3 is 1. The lowest BCUT2D eigenvalue weighted by Gasteiger charge is -2.24. The zero-order valence-electron chi connectivity index (χ0n) is 15.4. The molecule has 26 heavy (non-hydrogen) atoms. The number of hydrogen-bond donors (Lipinski definition) is 2. The Morgan fingerprint density at radius 3 is 2.77 bits per heavy atom. The number of carbonyl (C=O) groups excluding carboxylic acids is 1. The molecule has 6 heteroatoms. The van der Waals surface area contributed by atoms with Crippen LogP contribution in [0.4, 0.5) is 0 Å². The highest BCUT2D eigenvalue weighted by Gasteiger charge is 2.21. The Morgan fingerprint density at radius 2 is 2.08 bits per heavy atom. The topological polar surface area (TPSA) is 67.0 Å². The molecular weight excluding hydrogens is 346 g/mol. The number of imidazole rings is 1. The first-order valence-corrected chi connectivity index (χ1v) is 9.60. The summed E-state index contributed by atoms with van der Waals surface area (Å²) in [6.07, 6.45) is 2.78. The quantitative estimate of drug-likeness (QED) is 0.488. The summed E-state index contributed by atoms with van der Waals surface area (Å²) >= 11 is 1.68. The summed E-state index contributed by atoms with van der Waals surface area (Å²) in [5, 5.41) is 2.77. The number of amides is 1. The Balaban J connectivity index is 2.04. The van der Waals surface area contributed by atoms with E-state index >= 15 is 0 Å². The van der Waals surface area contributed by atoms with E-state index in [0.29, 0.717) is 6.54 Å². The van der Waals surface area contributed by atoms with E-state index in [4.69, 9.17) is 9.72 Å². The van der Waals surface area contributed by atoms with Gasteiger partial charge in [0, 0.05) is 16.9 Å². The van der Waals surface area contributed by atoms with Gasteiger partial charge in [-0.05, 0) is 42.2 Å². The van der Waals surface area contributed by atoms with Crippen molar-refractivity contribution in [3.05, 3.63) is 42.0 Å². The first kappa shape index (κ1) is 18.3. The molecule has 0 bridgehead atoms. The number of benzene rings is 2. The number of fused-ring (bicyclic) bond motifs is 1. The molecule has 1 amide bonds. The number of hydrogen-bond acceptors (Lipinski definition) is 4. The lowest BCUT2D eigenvalue weighted by molar-refractivity contribution is -0.109. The van der Waals surface area contributed by atoms with Crippen molar-refractivity contribution in [2.75, 3.05) is 19.9 Å². The summed E-state index contributed by atoms with van der Waals surface area (Å²) in [6.45, 7) is 4.78. The molecule has 3 aromatic rings. The number of aromatic amines is 1. The van der Waals surface area contributed by atoms with Crippen LogP contribution < -0.4 is 10.1 Å². The van der Waals surface area contributed by atoms with Gasteiger partial charge in [-0.2, -0.15) is 0 Å². The minimum Gasteiger partial charge on any atom is -0.496 e. The van der Waals surface area contributed by atoms with Crippen molar-refractivity contribution in [2.45, 2.75) is 24.2 Å². The van der Waals surface area contributed by atoms with Crippen molar-refractivity contribution >= 4 is 29.2 Å². The average Bonchev–Trinajstić information content (AvgIpc) is 3.09. The third-order valence-electron chi connectivity index (χ3n) is 4.55. The largest absolute Gasteiger partial charge is 0.496 e. The standard InChI is InChI=1S/C20H23N3O2S/c1-20(2,11-21-12-24)13-5-7-16-17(9-13)23-19(22-16)15-10-14(26-4)6-8-18(15)25-3/h5-10,12H,11H2,1-4H3,(H,21,24)(H,22,23). The van der Waals surface area contributed by atoms with Crippen molar-refractivity contribution in [1.82, 2.24) is 15.3 Å². The van der Waals surface area contributed by atoms with Crippen LogP contribution in [0.5, 0.6) is 5.75 Å². The van der Waals surface area contributed by atoms with Crippen LogP contribution in [-0.2, 0) is 10.2 Å². The molecule has 0 aliphatic rings. The third kappa shape index (κ3) is 3.55. The molecule has 0 spiro atoms. The van der Waals surface area contributed by atoms with E-state index < -0.39 is 0 Å². The molecule has 136 valence electrons. The molecule has 0 aliphatic heterocycles. The summed E-state index contributed by atoms with van der Waals surface area (Å²) in [4.78, 5) is 19.9. The summed E-state index contributed by atoms with van der Waals surface area (Å²) in [7, 11) is 1.67. The molecule has 0 fully saturated rings. The molecule has 0 atom stereocenters. The molecule has 0 unspecified atom stereocenters. The molecule has 0 aliphatic carbocycles. The number of carbonyl (C=O) groups is 1. The van der Waals surface area contributed by atoms with Crippen LogP contribution in [0.1, 0.15) is 19.4 Å². The van der Waals surface area contributed by atoms with Crippen molar-refractivity contribution in [3.8, 4) is 17.1 Å². The Morgan fingerprint density at radius 1 is 1.27 bits per heavy atom. The fourth-order valence-electron chi connectivity index (χ4n) is 2.96. The van der Waals surface area contributed by atoms with Gasteiger partial charge in [0.2, 0.25) is 6.41 Å². The predicted molar refractivity (Wildman–Crippen MR) is 107 cm³/mol. The van der Waals surface area contributed by atoms with Crippen molar-refractivity contribution in [2.24, 2.45) is 0 Å². The third-order valence-corrected chi connectivity index (χ3v) is 5.28. The molecular formula is C20H23N3O2S. The van der Waals surface area contributed by atoms with Gasteiger partial charge in [0.15, 0.2) is 0 Å². The molecule has 2 N–H and O–H groups in total. The Labute approximate surface area is 157 Å². The Kier molecular flexibility index (Phi) is 5.23. The maximum absolute atomic E-state index is 10.6. The normalized spacial score (nSPS) is 11.5. The minimum atomic E-state index is -0.170. The van der Waals surface area contributed by atoms with Crippen molar-refractivity contribution < 1.29 is 9.53 Å². The Hall–Kier alpha value is -2.47. The number of thioether (sulfide) groups is 1. The van der Waals surface area contributed by atoms with E-state index in [1.54, 1.807) is 18.9 Å². The molecule has 3 rings (SSSR count). The summed E-state index contributed by atoms with van der Waals surface area (Å²) in [6, 6.07) is 12.3. The SMILES string of the molecule is COc1ccc(SC)cc1-c1nc2ccc(C(C)(C)CNC=O)cc2[nH]1. The molecule has 0 radical (unpaired) electrons. The average molecular weight is 369 g/mol. The molecule has 1 heterocycles. The van der Waals surface area contributed by atoms with Crippen LogP contribution in [0.25, 0.3) is 22.4 Å². The van der Waals surface area contributed by atoms with E-state index in [-0.39, 0.29) is 5.41 Å². The number of rotatable bonds is 7. The number of ether oxygens (including phenoxy) is 1. The van der Waals surface area contributed by atoms with Crippen LogP contribution in [0.15, 0.2) is 41.3 Å². The summed E-state index contributed by atoms with van der Waals surface area (Å²) in [5.41, 5.74) is 3.78. The van der Waals surface area contributed by atoms with Crippen molar-refractivity contribution in [1.29, 1.82) is 0 Å². The summed E-state index contributed by atoms with van der Waals surface area (Å²) < 4.78 is 5.51. The fourth-order valence-corrected chi connectivity index (χ4v) is 3.40. The van der Waals surface area contributed by atoms with Gasteiger partial charge in [0.05, 0.1) is 23.7 Å². The second-order valence-corrected chi connectivity index (χ2v) is 7.65. The van der Waals surface area contributed by atoms with E-state index in [1.807, 2.05) is 24.5 Å². The first-order valence-electron chi connectivity index (χ1n) is 8.38. The van der Waals surface area contributed by atoms with Gasteiger partial charge < -0.3 is 15.0 Å². The zero-order valence-corrected chi connectivity index (χ0v) is 16.2. The first-order chi connectivity index (χ1) is 12.5. The fraction of sp³-hybridized carbons (Fsp3) is 0.300. The summed E-state index contributed by atoms with van der Waals surface area (Å²) in [5.74, 6) is 1.58. The van der Waals surface area contributed by atoms with Crippen LogP contribution in [-0.4, -0.2) is 36.3 Å². The number of nitrogens with zero attached hydrogens (tertiary/aromatic N) is 1. The number of nitrogens with one attached hydrogen (secondary N) is 2. The number of H-pyrrole nitrogens is 1. The maximum atomic E-state index is 10.6. The highest BCUT2D eigenvalue weighted by Crippen LogP contribution is 2.33. The molecule has 0 saturated heterocycles. The monoisotopic (exact) mass is 369 g/mol. The van der Waals surface area contributed by atoms with Gasteiger partial charge in [-0.1, -0.05) is 19.9 Å². The molecule has 0 saturated carbocycles. The van der Waals surface area contributed by atoms with E-state index in [2.05, 4.69) is 42.3 Å². The van der Waals surface area contributed by atoms with Crippen LogP contribution in [0, 0.1) is 0 Å². The smallest absolute Gasteiger partial charge is 0.207 e. The van der Waals surface area contributed by atoms with Gasteiger partial charge in [0.1, 0.15) is 11.6 Å². The van der Waals surface area contributed by atoms with E-state index in [1.165, 1.54) is 0 Å². The van der Waals surface area contributed by atoms with Gasteiger partial charge in [0.25, 0.3) is 0 Å². The van der Waals surface area contributed by atoms with Crippen LogP contribution in [0.3, 0.4) is 0 Å². The second-order valence-electron chi connectivity index (χ2n) is 6.77. The van der Waals surface area contributed by atoms with Crippen LogP contribution >= 0.6 is 11.8 Å². The highest BCUT2D eigenvalue weighted by molar-refractivity contribution is 7.98. The van der Waals surface area contributed by atoms with Crippen molar-refractivity contribution in [3.63, 3.8) is 0 Å². The van der Waals surface area contributed by atoms with Gasteiger partial charge >= 0.3 is 0 Å². The molecule has 5 nitrogen and oxygen atoms in total. The highest BCUT2D eigenvalue weighted by atomic mass is 32.2. The predicted octanol–water partition coefficient (Wildman–Crippen LogP) is 3.98. The Bertz CT molecular complexity index is 934. The zero-order chi connectivity index (χ0) is 18.7. The molecule has 2 aromatic carbocycles. The van der Waals surface area contributed by atoms with E-state index in [0.717, 1.165) is 45.0 Å². The van der Waals surface area contributed by atoms with Crippen LogP contribution in [0.2, 0.25) is 0 Å². The van der Waals surface area contributed by atoms with Gasteiger partial charge in [-0.25, -0.2) is 4.98 Å². The van der Waals surface area contributed by atoms with Gasteiger partial charge in [-0.15, -0.1) is 11.8 Å². The molecule has 1 aromatic heterocycles. The van der Waals surface area contributed by atoms with E-state index in [9.17, 15) is 4.79 Å². The minimum absolute atomic E-state index is 0.170. The number of aromatic nitrogens is 2. The second kappa shape index (κ2) is 7.41. The maximum Gasteiger partial charge on any atom is 0.207 e.